The Bertz CT molecular complexity index is 398. The van der Waals surface area contributed by atoms with Crippen LogP contribution in [0.25, 0.3) is 0 Å². The Morgan fingerprint density at radius 2 is 2.19 bits per heavy atom. The number of nitrogen functional groups attached to an aromatic ring is 1. The lowest BCUT2D eigenvalue weighted by molar-refractivity contribution is -0.385. The normalized spacial score (nSPS) is 14.4. The summed E-state index contributed by atoms with van der Waals surface area (Å²) >= 11 is 1.25. The molecule has 88 valence electrons. The number of anilines is 1. The van der Waals surface area contributed by atoms with E-state index in [1.165, 1.54) is 23.9 Å². The third kappa shape index (κ3) is 3.35. The molecule has 0 spiro atoms. The van der Waals surface area contributed by atoms with Crippen LogP contribution in [0.5, 0.6) is 0 Å². The summed E-state index contributed by atoms with van der Waals surface area (Å²) in [7, 11) is 0. The maximum Gasteiger partial charge on any atom is 0.275 e. The first-order chi connectivity index (χ1) is 7.40. The van der Waals surface area contributed by atoms with Gasteiger partial charge in [-0.05, 0) is 6.92 Å². The molecule has 2 unspecified atom stereocenters. The number of nitrogens with two attached hydrogens (primary N) is 1. The maximum atomic E-state index is 10.6. The molecule has 0 fully saturated rings. The molecule has 0 radical (unpaired) electrons. The monoisotopic (exact) mass is 243 g/mol. The first kappa shape index (κ1) is 12.7. The van der Waals surface area contributed by atoms with Gasteiger partial charge in [-0.2, -0.15) is 0 Å². The fraction of sp³-hybridized carbons (Fsp3) is 0.444. The van der Waals surface area contributed by atoms with Crippen LogP contribution in [-0.4, -0.2) is 26.4 Å². The Balaban J connectivity index is 2.92. The van der Waals surface area contributed by atoms with Crippen molar-refractivity contribution in [1.29, 1.82) is 0 Å². The summed E-state index contributed by atoms with van der Waals surface area (Å²) < 4.78 is 0. The van der Waals surface area contributed by atoms with E-state index in [2.05, 4.69) is 4.98 Å². The van der Waals surface area contributed by atoms with E-state index in [0.29, 0.717) is 5.03 Å². The lowest BCUT2D eigenvalue weighted by Gasteiger charge is -2.13. The van der Waals surface area contributed by atoms with Gasteiger partial charge in [-0.15, -0.1) is 11.8 Å². The molecular formula is C9H13N3O3S. The van der Waals surface area contributed by atoms with Crippen molar-refractivity contribution in [3.8, 4) is 0 Å². The Morgan fingerprint density at radius 1 is 1.56 bits per heavy atom. The fourth-order valence-electron chi connectivity index (χ4n) is 0.966. The van der Waals surface area contributed by atoms with Crippen LogP contribution >= 0.6 is 11.8 Å². The molecule has 0 aromatic carbocycles. The number of nitro groups is 1. The molecule has 1 rings (SSSR count). The number of pyridine rings is 1. The number of thioether (sulfide) groups is 1. The minimum Gasteiger partial charge on any atom is -0.392 e. The minimum atomic E-state index is -0.521. The molecule has 0 aliphatic carbocycles. The van der Waals surface area contributed by atoms with Gasteiger partial charge in [0.25, 0.3) is 5.69 Å². The lowest BCUT2D eigenvalue weighted by Crippen LogP contribution is -2.15. The topological polar surface area (TPSA) is 102 Å². The Kier molecular flexibility index (Phi) is 4.08. The van der Waals surface area contributed by atoms with Gasteiger partial charge in [0.2, 0.25) is 0 Å². The first-order valence-electron chi connectivity index (χ1n) is 4.67. The number of aromatic nitrogens is 1. The van der Waals surface area contributed by atoms with Gasteiger partial charge in [-0.25, -0.2) is 4.98 Å². The number of hydrogen-bond donors (Lipinski definition) is 2. The summed E-state index contributed by atoms with van der Waals surface area (Å²) in [5.74, 6) is 0.106. The third-order valence-electron chi connectivity index (χ3n) is 2.00. The second-order valence-electron chi connectivity index (χ2n) is 3.41. The molecule has 7 heteroatoms. The Labute approximate surface area is 97.0 Å². The molecule has 0 bridgehead atoms. The van der Waals surface area contributed by atoms with E-state index in [1.807, 2.05) is 6.92 Å². The number of rotatable bonds is 4. The van der Waals surface area contributed by atoms with Crippen molar-refractivity contribution < 1.29 is 10.0 Å². The largest absolute Gasteiger partial charge is 0.392 e. The molecule has 3 N–H and O–H groups in total. The first-order valence-corrected chi connectivity index (χ1v) is 5.55. The fourth-order valence-corrected chi connectivity index (χ4v) is 1.89. The van der Waals surface area contributed by atoms with E-state index < -0.39 is 11.0 Å². The molecule has 2 atom stereocenters. The molecule has 1 aromatic heterocycles. The average molecular weight is 243 g/mol. The van der Waals surface area contributed by atoms with Crippen LogP contribution in [0, 0.1) is 10.1 Å². The van der Waals surface area contributed by atoms with Crippen LogP contribution in [0.1, 0.15) is 13.8 Å². The van der Waals surface area contributed by atoms with Gasteiger partial charge in [-0.3, -0.25) is 10.1 Å². The highest BCUT2D eigenvalue weighted by Crippen LogP contribution is 2.27. The standard InChI is InChI=1S/C9H13N3O3S/c1-5(13)6(2)16-9-4-7(12(14)15)3-8(10)11-9/h3-6,13H,1-2H3,(H2,10,11). The molecule has 0 saturated carbocycles. The zero-order valence-electron chi connectivity index (χ0n) is 8.95. The Hall–Kier alpha value is -1.34. The van der Waals surface area contributed by atoms with Crippen LogP contribution in [0.4, 0.5) is 11.5 Å². The van der Waals surface area contributed by atoms with Gasteiger partial charge in [0.15, 0.2) is 0 Å². The van der Waals surface area contributed by atoms with E-state index in [1.54, 1.807) is 6.92 Å². The summed E-state index contributed by atoms with van der Waals surface area (Å²) in [5, 5.41) is 20.2. The van der Waals surface area contributed by atoms with E-state index in [9.17, 15) is 15.2 Å². The highest BCUT2D eigenvalue weighted by atomic mass is 32.2. The zero-order chi connectivity index (χ0) is 12.3. The van der Waals surface area contributed by atoms with Crippen LogP contribution < -0.4 is 5.73 Å². The van der Waals surface area contributed by atoms with Crippen molar-refractivity contribution in [2.75, 3.05) is 5.73 Å². The number of aliphatic hydroxyl groups is 1. The van der Waals surface area contributed by atoms with Crippen LogP contribution in [-0.2, 0) is 0 Å². The van der Waals surface area contributed by atoms with Crippen LogP contribution in [0.3, 0.4) is 0 Å². The Morgan fingerprint density at radius 3 is 2.69 bits per heavy atom. The average Bonchev–Trinajstić information content (AvgIpc) is 2.16. The molecule has 16 heavy (non-hydrogen) atoms. The van der Waals surface area contributed by atoms with Crippen LogP contribution in [0.15, 0.2) is 17.2 Å². The van der Waals surface area contributed by atoms with E-state index in [0.717, 1.165) is 0 Å². The number of nitrogens with zero attached hydrogens (tertiary/aromatic N) is 2. The van der Waals surface area contributed by atoms with Crippen molar-refractivity contribution in [2.45, 2.75) is 30.2 Å². The van der Waals surface area contributed by atoms with Crippen molar-refractivity contribution in [3.05, 3.63) is 22.2 Å². The molecule has 0 saturated heterocycles. The van der Waals surface area contributed by atoms with Gasteiger partial charge < -0.3 is 10.8 Å². The molecule has 0 amide bonds. The summed E-state index contributed by atoms with van der Waals surface area (Å²) in [5.41, 5.74) is 5.37. The molecule has 0 aliphatic rings. The summed E-state index contributed by atoms with van der Waals surface area (Å²) in [6, 6.07) is 2.55. The predicted octanol–water partition coefficient (Wildman–Crippen LogP) is 1.43. The molecule has 0 aliphatic heterocycles. The zero-order valence-corrected chi connectivity index (χ0v) is 9.77. The highest BCUT2D eigenvalue weighted by Gasteiger charge is 2.15. The van der Waals surface area contributed by atoms with Gasteiger partial charge in [0, 0.05) is 11.3 Å². The SMILES string of the molecule is CC(O)C(C)Sc1cc([N+](=O)[O-])cc(N)n1. The molecular weight excluding hydrogens is 230 g/mol. The summed E-state index contributed by atoms with van der Waals surface area (Å²) in [4.78, 5) is 14.0. The highest BCUT2D eigenvalue weighted by molar-refractivity contribution is 7.99. The quantitative estimate of drug-likeness (QED) is 0.471. The van der Waals surface area contributed by atoms with Crippen molar-refractivity contribution in [2.24, 2.45) is 0 Å². The van der Waals surface area contributed by atoms with E-state index in [4.69, 9.17) is 5.73 Å². The molecule has 6 nitrogen and oxygen atoms in total. The molecule has 1 aromatic rings. The van der Waals surface area contributed by atoms with E-state index in [-0.39, 0.29) is 16.8 Å². The van der Waals surface area contributed by atoms with Gasteiger partial charge in [-0.1, -0.05) is 6.92 Å². The summed E-state index contributed by atoms with van der Waals surface area (Å²) in [6.45, 7) is 3.46. The maximum absolute atomic E-state index is 10.6. The van der Waals surface area contributed by atoms with Gasteiger partial charge in [0.1, 0.15) is 10.8 Å². The second kappa shape index (κ2) is 5.13. The predicted molar refractivity (Wildman–Crippen MR) is 62.3 cm³/mol. The second-order valence-corrected chi connectivity index (χ2v) is 4.81. The number of aliphatic hydroxyl groups excluding tert-OH is 1. The van der Waals surface area contributed by atoms with Crippen molar-refractivity contribution in [1.82, 2.24) is 4.98 Å². The third-order valence-corrected chi connectivity index (χ3v) is 3.22. The minimum absolute atomic E-state index is 0.0900. The van der Waals surface area contributed by atoms with Crippen molar-refractivity contribution in [3.63, 3.8) is 0 Å². The van der Waals surface area contributed by atoms with Crippen molar-refractivity contribution >= 4 is 23.3 Å². The van der Waals surface area contributed by atoms with Gasteiger partial charge in [0.05, 0.1) is 17.1 Å². The van der Waals surface area contributed by atoms with Crippen LogP contribution in [0.2, 0.25) is 0 Å². The number of hydrogen-bond acceptors (Lipinski definition) is 6. The van der Waals surface area contributed by atoms with E-state index >= 15 is 0 Å². The lowest BCUT2D eigenvalue weighted by atomic mass is 10.3. The smallest absolute Gasteiger partial charge is 0.275 e. The molecule has 1 heterocycles. The summed E-state index contributed by atoms with van der Waals surface area (Å²) in [6.07, 6.45) is -0.521. The van der Waals surface area contributed by atoms with Gasteiger partial charge >= 0.3 is 0 Å².